The monoisotopic (exact) mass is 235 g/mol. The molecule has 1 aromatic rings. The molecule has 5 nitrogen and oxygen atoms in total. The molecule has 0 bridgehead atoms. The van der Waals surface area contributed by atoms with Crippen LogP contribution in [-0.4, -0.2) is 17.9 Å². The lowest BCUT2D eigenvalue weighted by atomic mass is 10.1. The van der Waals surface area contributed by atoms with Crippen molar-refractivity contribution in [1.29, 1.82) is 0 Å². The first-order valence-electron chi connectivity index (χ1n) is 5.50. The first-order chi connectivity index (χ1) is 8.04. The topological polar surface area (TPSA) is 98.2 Å². The smallest absolute Gasteiger partial charge is 0.252 e. The minimum atomic E-state index is -0.631. The molecule has 5 heteroatoms. The molecule has 0 radical (unpaired) electrons. The van der Waals surface area contributed by atoms with Gasteiger partial charge >= 0.3 is 0 Å². The van der Waals surface area contributed by atoms with Crippen LogP contribution in [-0.2, 0) is 4.79 Å². The molecule has 5 N–H and O–H groups in total. The Morgan fingerprint density at radius 1 is 1.41 bits per heavy atom. The number of primary amides is 1. The molecule has 0 saturated carbocycles. The predicted molar refractivity (Wildman–Crippen MR) is 66.2 cm³/mol. The molecule has 0 fully saturated rings. The van der Waals surface area contributed by atoms with Crippen LogP contribution in [0.1, 0.15) is 30.1 Å². The van der Waals surface area contributed by atoms with Gasteiger partial charge in [0.15, 0.2) is 0 Å². The van der Waals surface area contributed by atoms with E-state index >= 15 is 0 Å². The van der Waals surface area contributed by atoms with Gasteiger partial charge in [-0.1, -0.05) is 19.4 Å². The number of carbonyl (C=O) groups excluding carboxylic acids is 2. The minimum Gasteiger partial charge on any atom is -0.399 e. The van der Waals surface area contributed by atoms with E-state index in [0.29, 0.717) is 17.7 Å². The van der Waals surface area contributed by atoms with E-state index in [9.17, 15) is 9.59 Å². The van der Waals surface area contributed by atoms with Crippen molar-refractivity contribution >= 4 is 17.5 Å². The van der Waals surface area contributed by atoms with Crippen LogP contribution < -0.4 is 16.8 Å². The number of amides is 2. The van der Waals surface area contributed by atoms with Crippen molar-refractivity contribution in [2.24, 2.45) is 5.73 Å². The fraction of sp³-hybridized carbons (Fsp3) is 0.333. The second-order valence-corrected chi connectivity index (χ2v) is 3.84. The molecule has 1 atom stereocenters. The molecule has 1 rings (SSSR count). The number of nitrogen functional groups attached to an aromatic ring is 1. The van der Waals surface area contributed by atoms with E-state index in [1.165, 1.54) is 0 Å². The van der Waals surface area contributed by atoms with Crippen molar-refractivity contribution in [3.8, 4) is 0 Å². The van der Waals surface area contributed by atoms with Gasteiger partial charge in [0.1, 0.15) is 6.04 Å². The van der Waals surface area contributed by atoms with Gasteiger partial charge in [0.05, 0.1) is 0 Å². The van der Waals surface area contributed by atoms with E-state index in [-0.39, 0.29) is 5.91 Å². The normalized spacial score (nSPS) is 11.8. The average Bonchev–Trinajstić information content (AvgIpc) is 2.28. The number of rotatable bonds is 5. The summed E-state index contributed by atoms with van der Waals surface area (Å²) in [5.41, 5.74) is 11.7. The van der Waals surface area contributed by atoms with Crippen molar-refractivity contribution in [2.75, 3.05) is 5.73 Å². The quantitative estimate of drug-likeness (QED) is 0.653. The summed E-state index contributed by atoms with van der Waals surface area (Å²) < 4.78 is 0. The van der Waals surface area contributed by atoms with Crippen molar-refractivity contribution in [2.45, 2.75) is 25.8 Å². The van der Waals surface area contributed by atoms with Gasteiger partial charge in [-0.25, -0.2) is 0 Å². The Balaban J connectivity index is 2.73. The first kappa shape index (κ1) is 13.0. The van der Waals surface area contributed by atoms with Gasteiger partial charge in [-0.3, -0.25) is 9.59 Å². The van der Waals surface area contributed by atoms with Crippen LogP contribution >= 0.6 is 0 Å². The number of benzene rings is 1. The third kappa shape index (κ3) is 3.79. The van der Waals surface area contributed by atoms with Gasteiger partial charge in [-0.2, -0.15) is 0 Å². The molecular formula is C12H17N3O2. The standard InChI is InChI=1S/C12H17N3O2/c1-2-4-10(11(14)16)15-12(17)8-5-3-6-9(13)7-8/h3,5-7,10H,2,4,13H2,1H3,(H2,14,16)(H,15,17). The number of hydrogen-bond donors (Lipinski definition) is 3. The number of carbonyl (C=O) groups is 2. The highest BCUT2D eigenvalue weighted by Crippen LogP contribution is 2.07. The van der Waals surface area contributed by atoms with Crippen LogP contribution in [0.5, 0.6) is 0 Å². The summed E-state index contributed by atoms with van der Waals surface area (Å²) in [6, 6.07) is 5.93. The molecule has 2 amide bonds. The van der Waals surface area contributed by atoms with Crippen molar-refractivity contribution < 1.29 is 9.59 Å². The largest absolute Gasteiger partial charge is 0.399 e. The van der Waals surface area contributed by atoms with Gasteiger partial charge < -0.3 is 16.8 Å². The maximum Gasteiger partial charge on any atom is 0.252 e. The zero-order valence-electron chi connectivity index (χ0n) is 9.77. The Morgan fingerprint density at radius 2 is 2.12 bits per heavy atom. The lowest BCUT2D eigenvalue weighted by Gasteiger charge is -2.14. The Labute approximate surface area is 100 Å². The highest BCUT2D eigenvalue weighted by atomic mass is 16.2. The molecule has 17 heavy (non-hydrogen) atoms. The molecule has 0 spiro atoms. The van der Waals surface area contributed by atoms with Gasteiger partial charge in [0.25, 0.3) is 5.91 Å². The Kier molecular flexibility index (Phi) is 4.51. The first-order valence-corrected chi connectivity index (χ1v) is 5.50. The summed E-state index contributed by atoms with van der Waals surface area (Å²) in [5, 5.41) is 2.59. The number of nitrogens with two attached hydrogens (primary N) is 2. The number of anilines is 1. The fourth-order valence-electron chi connectivity index (χ4n) is 1.50. The second-order valence-electron chi connectivity index (χ2n) is 3.84. The highest BCUT2D eigenvalue weighted by Gasteiger charge is 2.17. The SMILES string of the molecule is CCCC(NC(=O)c1cccc(N)c1)C(N)=O. The summed E-state index contributed by atoms with van der Waals surface area (Å²) in [5.74, 6) is -0.862. The molecular weight excluding hydrogens is 218 g/mol. The summed E-state index contributed by atoms with van der Waals surface area (Å²) in [4.78, 5) is 22.9. The zero-order valence-corrected chi connectivity index (χ0v) is 9.77. The van der Waals surface area contributed by atoms with Gasteiger partial charge in [0, 0.05) is 11.3 Å². The number of nitrogens with one attached hydrogen (secondary N) is 1. The average molecular weight is 235 g/mol. The van der Waals surface area contributed by atoms with Crippen LogP contribution in [0.15, 0.2) is 24.3 Å². The summed E-state index contributed by atoms with van der Waals surface area (Å²) in [6.45, 7) is 1.92. The summed E-state index contributed by atoms with van der Waals surface area (Å²) in [6.07, 6.45) is 1.30. The fourth-order valence-corrected chi connectivity index (χ4v) is 1.50. The van der Waals surface area contributed by atoms with Crippen molar-refractivity contribution in [3.63, 3.8) is 0 Å². The zero-order chi connectivity index (χ0) is 12.8. The Hall–Kier alpha value is -2.04. The molecule has 1 unspecified atom stereocenters. The Bertz CT molecular complexity index is 418. The molecule has 1 aromatic carbocycles. The van der Waals surface area contributed by atoms with Crippen LogP contribution in [0, 0.1) is 0 Å². The van der Waals surface area contributed by atoms with Crippen LogP contribution in [0.25, 0.3) is 0 Å². The van der Waals surface area contributed by atoms with Crippen molar-refractivity contribution in [3.05, 3.63) is 29.8 Å². The highest BCUT2D eigenvalue weighted by molar-refractivity contribution is 5.97. The van der Waals surface area contributed by atoms with Gasteiger partial charge in [-0.05, 0) is 24.6 Å². The maximum atomic E-state index is 11.8. The molecule has 0 aliphatic carbocycles. The van der Waals surface area contributed by atoms with Crippen LogP contribution in [0.4, 0.5) is 5.69 Å². The third-order valence-corrected chi connectivity index (χ3v) is 2.37. The third-order valence-electron chi connectivity index (χ3n) is 2.37. The van der Waals surface area contributed by atoms with E-state index in [1.807, 2.05) is 6.92 Å². The molecule has 0 heterocycles. The maximum absolute atomic E-state index is 11.8. The van der Waals surface area contributed by atoms with Crippen molar-refractivity contribution in [1.82, 2.24) is 5.32 Å². The van der Waals surface area contributed by atoms with Crippen LogP contribution in [0.2, 0.25) is 0 Å². The van der Waals surface area contributed by atoms with E-state index in [1.54, 1.807) is 24.3 Å². The van der Waals surface area contributed by atoms with E-state index in [0.717, 1.165) is 6.42 Å². The summed E-state index contributed by atoms with van der Waals surface area (Å²) in [7, 11) is 0. The van der Waals surface area contributed by atoms with Gasteiger partial charge in [0.2, 0.25) is 5.91 Å². The molecule has 0 aliphatic rings. The molecule has 0 aliphatic heterocycles. The van der Waals surface area contributed by atoms with E-state index in [4.69, 9.17) is 11.5 Å². The van der Waals surface area contributed by atoms with Crippen LogP contribution in [0.3, 0.4) is 0 Å². The van der Waals surface area contributed by atoms with E-state index < -0.39 is 11.9 Å². The molecule has 0 saturated heterocycles. The molecule has 0 aromatic heterocycles. The van der Waals surface area contributed by atoms with Gasteiger partial charge in [-0.15, -0.1) is 0 Å². The van der Waals surface area contributed by atoms with E-state index in [2.05, 4.69) is 5.32 Å². The second kappa shape index (κ2) is 5.89. The molecule has 92 valence electrons. The minimum absolute atomic E-state index is 0.338. The Morgan fingerprint density at radius 3 is 2.65 bits per heavy atom. The lowest BCUT2D eigenvalue weighted by molar-refractivity contribution is -0.120. The summed E-state index contributed by atoms with van der Waals surface area (Å²) >= 11 is 0. The predicted octanol–water partition coefficient (Wildman–Crippen LogP) is 0.653. The number of hydrogen-bond acceptors (Lipinski definition) is 3. The lowest BCUT2D eigenvalue weighted by Crippen LogP contribution is -2.44.